The first kappa shape index (κ1) is 23.1. The molecule has 1 fully saturated rings. The monoisotopic (exact) mass is 489 g/mol. The normalized spacial score (nSPS) is 18.7. The molecule has 4 aromatic rings. The van der Waals surface area contributed by atoms with Crippen molar-refractivity contribution >= 4 is 16.7 Å². The third kappa shape index (κ3) is 4.64. The van der Waals surface area contributed by atoms with E-state index in [1.807, 2.05) is 26.4 Å². The summed E-state index contributed by atoms with van der Waals surface area (Å²) in [5.41, 5.74) is 1.26. The van der Waals surface area contributed by atoms with Crippen molar-refractivity contribution in [3.8, 4) is 17.1 Å². The van der Waals surface area contributed by atoms with Crippen LogP contribution in [0.5, 0.6) is 5.88 Å². The molecule has 1 aliphatic carbocycles. The topological polar surface area (TPSA) is 82.7 Å². The Morgan fingerprint density at radius 1 is 1.09 bits per heavy atom. The minimum absolute atomic E-state index is 0.102. The molecule has 0 spiro atoms. The predicted octanol–water partition coefficient (Wildman–Crippen LogP) is 4.72. The van der Waals surface area contributed by atoms with Gasteiger partial charge in [0.2, 0.25) is 0 Å². The molecule has 35 heavy (non-hydrogen) atoms. The van der Waals surface area contributed by atoms with E-state index in [1.54, 1.807) is 21.8 Å². The zero-order valence-electron chi connectivity index (χ0n) is 19.1. The SMILES string of the molecule is Cn1cc(-c2nn(C)c3cc(NC4CCC(Oc5nccc(C(F)(F)F)c5F)CC4)ncc23)cn1. The van der Waals surface area contributed by atoms with Gasteiger partial charge in [0.05, 0.1) is 17.3 Å². The van der Waals surface area contributed by atoms with Crippen LogP contribution in [0, 0.1) is 5.82 Å². The van der Waals surface area contributed by atoms with Crippen LogP contribution >= 0.6 is 0 Å². The fraction of sp³-hybridized carbons (Fsp3) is 0.391. The molecule has 4 heterocycles. The Labute approximate surface area is 197 Å². The molecule has 5 rings (SSSR count). The number of fused-ring (bicyclic) bond motifs is 1. The average Bonchev–Trinajstić information content (AvgIpc) is 3.38. The second kappa shape index (κ2) is 8.82. The maximum atomic E-state index is 14.2. The Balaban J connectivity index is 1.23. The van der Waals surface area contributed by atoms with E-state index in [1.165, 1.54) is 0 Å². The molecule has 0 aromatic carbocycles. The summed E-state index contributed by atoms with van der Waals surface area (Å²) >= 11 is 0. The second-order valence-electron chi connectivity index (χ2n) is 8.67. The standard InChI is InChI=1S/C23H23F4N7O/c1-33-12-13(10-30-33)21-16-11-29-19(9-18(16)34(2)32-21)31-14-3-5-15(6-4-14)35-22-20(24)17(7-8-28-22)23(25,26)27/h7-12,14-15H,3-6H2,1-2H3,(H,29,31). The highest BCUT2D eigenvalue weighted by Crippen LogP contribution is 2.35. The van der Waals surface area contributed by atoms with Crippen LogP contribution in [0.3, 0.4) is 0 Å². The van der Waals surface area contributed by atoms with E-state index in [4.69, 9.17) is 4.74 Å². The van der Waals surface area contributed by atoms with Gasteiger partial charge in [-0.25, -0.2) is 14.4 Å². The molecule has 12 heteroatoms. The summed E-state index contributed by atoms with van der Waals surface area (Å²) < 4.78 is 62.0. The average molecular weight is 489 g/mol. The number of ether oxygens (including phenoxy) is 1. The van der Waals surface area contributed by atoms with Gasteiger partial charge in [0.1, 0.15) is 17.6 Å². The Hall–Kier alpha value is -3.70. The zero-order chi connectivity index (χ0) is 24.7. The van der Waals surface area contributed by atoms with Crippen molar-refractivity contribution in [2.75, 3.05) is 5.32 Å². The number of nitrogens with zero attached hydrogens (tertiary/aromatic N) is 6. The third-order valence-corrected chi connectivity index (χ3v) is 6.18. The van der Waals surface area contributed by atoms with Crippen LogP contribution in [0.4, 0.5) is 23.4 Å². The lowest BCUT2D eigenvalue weighted by atomic mass is 9.93. The zero-order valence-corrected chi connectivity index (χ0v) is 19.1. The Kier molecular flexibility index (Phi) is 5.81. The van der Waals surface area contributed by atoms with Crippen LogP contribution in [0.1, 0.15) is 31.2 Å². The van der Waals surface area contributed by atoms with Gasteiger partial charge in [-0.05, 0) is 31.7 Å². The van der Waals surface area contributed by atoms with Crippen molar-refractivity contribution in [2.45, 2.75) is 44.0 Å². The number of nitrogens with one attached hydrogen (secondary N) is 1. The van der Waals surface area contributed by atoms with Crippen molar-refractivity contribution in [3.63, 3.8) is 0 Å². The first-order chi connectivity index (χ1) is 16.7. The number of anilines is 1. The summed E-state index contributed by atoms with van der Waals surface area (Å²) in [7, 11) is 3.72. The molecule has 1 N–H and O–H groups in total. The summed E-state index contributed by atoms with van der Waals surface area (Å²) in [4.78, 5) is 8.21. The summed E-state index contributed by atoms with van der Waals surface area (Å²) in [5.74, 6) is -1.38. The molecule has 0 amide bonds. The van der Waals surface area contributed by atoms with Gasteiger partial charge in [-0.15, -0.1) is 0 Å². The molecule has 0 bridgehead atoms. The van der Waals surface area contributed by atoms with Crippen LogP contribution < -0.4 is 10.1 Å². The van der Waals surface area contributed by atoms with Gasteiger partial charge in [0, 0.05) is 55.7 Å². The van der Waals surface area contributed by atoms with Crippen LogP contribution in [-0.2, 0) is 20.3 Å². The molecule has 8 nitrogen and oxygen atoms in total. The maximum Gasteiger partial charge on any atom is 0.419 e. The van der Waals surface area contributed by atoms with E-state index >= 15 is 0 Å². The molecule has 1 aliphatic rings. The van der Waals surface area contributed by atoms with Gasteiger partial charge in [0.15, 0.2) is 5.82 Å². The first-order valence-corrected chi connectivity index (χ1v) is 11.2. The van der Waals surface area contributed by atoms with Gasteiger partial charge in [0.25, 0.3) is 5.88 Å². The van der Waals surface area contributed by atoms with E-state index < -0.39 is 29.5 Å². The number of hydrogen-bond acceptors (Lipinski definition) is 6. The highest BCUT2D eigenvalue weighted by atomic mass is 19.4. The van der Waals surface area contributed by atoms with Crippen LogP contribution in [0.2, 0.25) is 0 Å². The molecule has 0 radical (unpaired) electrons. The number of alkyl halides is 3. The number of aromatic nitrogens is 6. The molecule has 0 aliphatic heterocycles. The highest BCUT2D eigenvalue weighted by molar-refractivity contribution is 5.93. The summed E-state index contributed by atoms with van der Waals surface area (Å²) in [6, 6.07) is 2.65. The van der Waals surface area contributed by atoms with E-state index in [0.29, 0.717) is 37.6 Å². The minimum Gasteiger partial charge on any atom is -0.472 e. The van der Waals surface area contributed by atoms with E-state index in [-0.39, 0.29) is 6.04 Å². The van der Waals surface area contributed by atoms with Crippen molar-refractivity contribution in [2.24, 2.45) is 14.1 Å². The lowest BCUT2D eigenvalue weighted by Crippen LogP contribution is -2.32. The fourth-order valence-corrected chi connectivity index (χ4v) is 4.41. The quantitative estimate of drug-likeness (QED) is 0.409. The highest BCUT2D eigenvalue weighted by Gasteiger charge is 2.36. The van der Waals surface area contributed by atoms with Gasteiger partial charge in [-0.3, -0.25) is 9.36 Å². The minimum atomic E-state index is -4.80. The first-order valence-electron chi connectivity index (χ1n) is 11.2. The molecular formula is C23H23F4N7O. The Morgan fingerprint density at radius 2 is 1.86 bits per heavy atom. The fourth-order valence-electron chi connectivity index (χ4n) is 4.41. The molecule has 4 aromatic heterocycles. The van der Waals surface area contributed by atoms with Crippen molar-refractivity contribution in [1.29, 1.82) is 0 Å². The van der Waals surface area contributed by atoms with Gasteiger partial charge in [-0.2, -0.15) is 23.4 Å². The molecule has 0 unspecified atom stereocenters. The van der Waals surface area contributed by atoms with Gasteiger partial charge >= 0.3 is 6.18 Å². The Bertz CT molecular complexity index is 1360. The molecule has 0 saturated heterocycles. The number of pyridine rings is 2. The smallest absolute Gasteiger partial charge is 0.419 e. The Morgan fingerprint density at radius 3 is 2.54 bits per heavy atom. The van der Waals surface area contributed by atoms with Crippen molar-refractivity contribution < 1.29 is 22.3 Å². The summed E-state index contributed by atoms with van der Waals surface area (Å²) in [6.07, 6.45) is 3.63. The van der Waals surface area contributed by atoms with E-state index in [9.17, 15) is 17.6 Å². The maximum absolute atomic E-state index is 14.2. The number of aryl methyl sites for hydroxylation is 2. The van der Waals surface area contributed by atoms with Gasteiger partial charge in [-0.1, -0.05) is 0 Å². The lowest BCUT2D eigenvalue weighted by Gasteiger charge is -2.29. The number of hydrogen-bond donors (Lipinski definition) is 1. The number of halogens is 4. The van der Waals surface area contributed by atoms with E-state index in [0.717, 1.165) is 28.4 Å². The molecule has 184 valence electrons. The van der Waals surface area contributed by atoms with Crippen molar-refractivity contribution in [1.82, 2.24) is 29.5 Å². The lowest BCUT2D eigenvalue weighted by molar-refractivity contribution is -0.140. The van der Waals surface area contributed by atoms with Crippen LogP contribution in [0.25, 0.3) is 22.2 Å². The molecular weight excluding hydrogens is 466 g/mol. The van der Waals surface area contributed by atoms with Crippen LogP contribution in [-0.4, -0.2) is 41.7 Å². The largest absolute Gasteiger partial charge is 0.472 e. The summed E-state index contributed by atoms with van der Waals surface area (Å²) in [6.45, 7) is 0. The molecule has 1 saturated carbocycles. The number of rotatable bonds is 5. The molecule has 0 atom stereocenters. The van der Waals surface area contributed by atoms with E-state index in [2.05, 4.69) is 25.5 Å². The van der Waals surface area contributed by atoms with Crippen LogP contribution in [0.15, 0.2) is 36.9 Å². The predicted molar refractivity (Wildman–Crippen MR) is 120 cm³/mol. The van der Waals surface area contributed by atoms with Gasteiger partial charge < -0.3 is 10.1 Å². The third-order valence-electron chi connectivity index (χ3n) is 6.18. The summed E-state index contributed by atoms with van der Waals surface area (Å²) in [5, 5.41) is 13.1. The second-order valence-corrected chi connectivity index (χ2v) is 8.67. The van der Waals surface area contributed by atoms with Crippen molar-refractivity contribution in [3.05, 3.63) is 48.3 Å².